The number of sulfonamides is 1. The molecule has 0 bridgehead atoms. The highest BCUT2D eigenvalue weighted by Gasteiger charge is 2.23. The molecule has 1 amide bonds. The average Bonchev–Trinajstić information content (AvgIpc) is 2.47. The predicted molar refractivity (Wildman–Crippen MR) is 86.4 cm³/mol. The van der Waals surface area contributed by atoms with Gasteiger partial charge >= 0.3 is 5.97 Å². The summed E-state index contributed by atoms with van der Waals surface area (Å²) in [6.45, 7) is 3.27. The Balaban J connectivity index is 2.73. The molecule has 0 aliphatic rings. The Morgan fingerprint density at radius 3 is 2.35 bits per heavy atom. The Morgan fingerprint density at radius 2 is 1.83 bits per heavy atom. The fourth-order valence-corrected chi connectivity index (χ4v) is 2.85. The summed E-state index contributed by atoms with van der Waals surface area (Å²) in [6.07, 6.45) is 1.63. The molecule has 0 saturated carbocycles. The number of carbonyl (C=O) groups is 2. The fourth-order valence-electron chi connectivity index (χ4n) is 1.74. The van der Waals surface area contributed by atoms with E-state index >= 15 is 0 Å². The van der Waals surface area contributed by atoms with Crippen LogP contribution in [0.25, 0.3) is 0 Å². The van der Waals surface area contributed by atoms with Gasteiger partial charge in [-0.15, -0.1) is 0 Å². The lowest BCUT2D eigenvalue weighted by atomic mass is 10.3. The molecule has 1 N–H and O–H groups in total. The second-order valence-corrected chi connectivity index (χ2v) is 7.09. The molecular weight excluding hydrogens is 320 g/mol. The molecule has 1 rings (SSSR count). The van der Waals surface area contributed by atoms with Crippen molar-refractivity contribution in [1.82, 2.24) is 4.31 Å². The van der Waals surface area contributed by atoms with E-state index in [1.807, 2.05) is 6.92 Å². The highest BCUT2D eigenvalue weighted by molar-refractivity contribution is 7.89. The van der Waals surface area contributed by atoms with Crippen LogP contribution >= 0.6 is 0 Å². The van der Waals surface area contributed by atoms with Gasteiger partial charge in [0, 0.05) is 19.7 Å². The second-order valence-electron chi connectivity index (χ2n) is 5.04. The maximum absolute atomic E-state index is 12.4. The number of benzene rings is 1. The van der Waals surface area contributed by atoms with Crippen LogP contribution in [-0.2, 0) is 24.3 Å². The van der Waals surface area contributed by atoms with Crippen molar-refractivity contribution in [3.05, 3.63) is 24.3 Å². The maximum atomic E-state index is 12.4. The van der Waals surface area contributed by atoms with E-state index in [1.54, 1.807) is 0 Å². The summed E-state index contributed by atoms with van der Waals surface area (Å²) in [5.41, 5.74) is 0.498. The zero-order valence-electron chi connectivity index (χ0n) is 13.5. The Kier molecular flexibility index (Phi) is 7.18. The van der Waals surface area contributed by atoms with Crippen LogP contribution in [0.4, 0.5) is 5.69 Å². The molecular formula is C15H22N2O5S. The number of likely N-dealkylation sites (N-methyl/N-ethyl adjacent to an activating group) is 1. The highest BCUT2D eigenvalue weighted by Crippen LogP contribution is 2.17. The van der Waals surface area contributed by atoms with Gasteiger partial charge in [-0.3, -0.25) is 9.59 Å². The van der Waals surface area contributed by atoms with Crippen molar-refractivity contribution in [2.45, 2.75) is 31.6 Å². The minimum atomic E-state index is -3.79. The molecule has 8 heteroatoms. The lowest BCUT2D eigenvalue weighted by Crippen LogP contribution is -2.33. The van der Waals surface area contributed by atoms with Crippen LogP contribution in [0.15, 0.2) is 29.2 Å². The summed E-state index contributed by atoms with van der Waals surface area (Å²) in [5.74, 6) is -0.827. The Bertz CT molecular complexity index is 640. The number of carbonyl (C=O) groups excluding carboxylic acids is 2. The third-order valence-electron chi connectivity index (χ3n) is 3.00. The van der Waals surface area contributed by atoms with Crippen LogP contribution in [0.3, 0.4) is 0 Å². The van der Waals surface area contributed by atoms with E-state index in [9.17, 15) is 18.0 Å². The van der Waals surface area contributed by atoms with E-state index < -0.39 is 16.0 Å². The number of hydrogen-bond donors (Lipinski definition) is 1. The molecule has 1 aromatic carbocycles. The van der Waals surface area contributed by atoms with Crippen LogP contribution in [-0.4, -0.2) is 44.8 Å². The minimum Gasteiger partial charge on any atom is -0.465 e. The van der Waals surface area contributed by atoms with Crippen molar-refractivity contribution in [2.75, 3.05) is 25.5 Å². The van der Waals surface area contributed by atoms with E-state index in [-0.39, 0.29) is 24.0 Å². The van der Waals surface area contributed by atoms with Crippen LogP contribution < -0.4 is 5.32 Å². The van der Waals surface area contributed by atoms with Crippen LogP contribution in [0.2, 0.25) is 0 Å². The first-order valence-corrected chi connectivity index (χ1v) is 8.71. The van der Waals surface area contributed by atoms with Gasteiger partial charge < -0.3 is 10.1 Å². The Morgan fingerprint density at radius 1 is 1.22 bits per heavy atom. The number of amides is 1. The topological polar surface area (TPSA) is 92.8 Å². The second kappa shape index (κ2) is 8.64. The molecule has 0 aromatic heterocycles. The number of ether oxygens (including phenoxy) is 1. The Labute approximate surface area is 136 Å². The smallest absolute Gasteiger partial charge is 0.321 e. The highest BCUT2D eigenvalue weighted by atomic mass is 32.2. The summed E-state index contributed by atoms with van der Waals surface area (Å²) in [5, 5.41) is 2.55. The Hall–Kier alpha value is -1.93. The summed E-state index contributed by atoms with van der Waals surface area (Å²) < 4.78 is 30.6. The normalized spacial score (nSPS) is 11.3. The van der Waals surface area contributed by atoms with E-state index in [4.69, 9.17) is 4.74 Å². The van der Waals surface area contributed by atoms with Gasteiger partial charge in [0.1, 0.15) is 6.54 Å². The zero-order chi connectivity index (χ0) is 17.5. The SMILES string of the molecule is CCCCOC(=O)CN(C)S(=O)(=O)c1ccc(NC(C)=O)cc1. The largest absolute Gasteiger partial charge is 0.465 e. The molecule has 0 aliphatic carbocycles. The predicted octanol–water partition coefficient (Wildman–Crippen LogP) is 1.61. The lowest BCUT2D eigenvalue weighted by molar-refractivity contribution is -0.143. The first-order valence-electron chi connectivity index (χ1n) is 7.27. The number of nitrogens with zero attached hydrogens (tertiary/aromatic N) is 1. The molecule has 0 fully saturated rings. The molecule has 0 spiro atoms. The van der Waals surface area contributed by atoms with E-state index in [0.717, 1.165) is 17.1 Å². The third-order valence-corrected chi connectivity index (χ3v) is 4.81. The minimum absolute atomic E-state index is 0.0375. The zero-order valence-corrected chi connectivity index (χ0v) is 14.4. The molecule has 23 heavy (non-hydrogen) atoms. The van der Waals surface area contributed by atoms with E-state index in [1.165, 1.54) is 38.2 Å². The third kappa shape index (κ3) is 5.99. The molecule has 0 radical (unpaired) electrons. The van der Waals surface area contributed by atoms with Crippen molar-refractivity contribution in [2.24, 2.45) is 0 Å². The fraction of sp³-hybridized carbons (Fsp3) is 0.467. The van der Waals surface area contributed by atoms with Crippen LogP contribution in [0.1, 0.15) is 26.7 Å². The van der Waals surface area contributed by atoms with Gasteiger partial charge in [0.05, 0.1) is 11.5 Å². The van der Waals surface area contributed by atoms with E-state index in [2.05, 4.69) is 5.32 Å². The van der Waals surface area contributed by atoms with Gasteiger partial charge in [0.15, 0.2) is 0 Å². The van der Waals surface area contributed by atoms with Crippen molar-refractivity contribution in [3.8, 4) is 0 Å². The molecule has 128 valence electrons. The van der Waals surface area contributed by atoms with Gasteiger partial charge in [-0.2, -0.15) is 4.31 Å². The maximum Gasteiger partial charge on any atom is 0.321 e. The molecule has 0 aliphatic heterocycles. The van der Waals surface area contributed by atoms with Crippen molar-refractivity contribution in [1.29, 1.82) is 0 Å². The number of anilines is 1. The number of unbranched alkanes of at least 4 members (excludes halogenated alkanes) is 1. The van der Waals surface area contributed by atoms with Crippen molar-refractivity contribution in [3.63, 3.8) is 0 Å². The van der Waals surface area contributed by atoms with Gasteiger partial charge in [-0.1, -0.05) is 13.3 Å². The average molecular weight is 342 g/mol. The monoisotopic (exact) mass is 342 g/mol. The van der Waals surface area contributed by atoms with Crippen LogP contribution in [0, 0.1) is 0 Å². The molecule has 0 atom stereocenters. The molecule has 0 heterocycles. The molecule has 0 unspecified atom stereocenters. The quantitative estimate of drug-likeness (QED) is 0.572. The molecule has 1 aromatic rings. The summed E-state index contributed by atoms with van der Waals surface area (Å²) in [4.78, 5) is 22.6. The van der Waals surface area contributed by atoms with Crippen molar-refractivity contribution < 1.29 is 22.7 Å². The van der Waals surface area contributed by atoms with Gasteiger partial charge in [0.2, 0.25) is 15.9 Å². The van der Waals surface area contributed by atoms with Gasteiger partial charge in [-0.05, 0) is 30.7 Å². The number of rotatable bonds is 8. The first kappa shape index (κ1) is 19.1. The summed E-state index contributed by atoms with van der Waals surface area (Å²) >= 11 is 0. The summed E-state index contributed by atoms with van der Waals surface area (Å²) in [7, 11) is -2.47. The van der Waals surface area contributed by atoms with Gasteiger partial charge in [0.25, 0.3) is 0 Å². The van der Waals surface area contributed by atoms with Crippen LogP contribution in [0.5, 0.6) is 0 Å². The lowest BCUT2D eigenvalue weighted by Gasteiger charge is -2.16. The number of hydrogen-bond acceptors (Lipinski definition) is 5. The molecule has 0 saturated heterocycles. The number of esters is 1. The summed E-state index contributed by atoms with van der Waals surface area (Å²) in [6, 6.07) is 5.72. The first-order chi connectivity index (χ1) is 10.8. The standard InChI is InChI=1S/C15H22N2O5S/c1-4-5-10-22-15(19)11-17(3)23(20,21)14-8-6-13(7-9-14)16-12(2)18/h6-9H,4-5,10-11H2,1-3H3,(H,16,18). The van der Waals surface area contributed by atoms with Gasteiger partial charge in [-0.25, -0.2) is 8.42 Å². The number of nitrogens with one attached hydrogen (secondary N) is 1. The van der Waals surface area contributed by atoms with Crippen molar-refractivity contribution >= 4 is 27.6 Å². The van der Waals surface area contributed by atoms with E-state index in [0.29, 0.717) is 5.69 Å². The molecule has 7 nitrogen and oxygen atoms in total.